The van der Waals surface area contributed by atoms with Crippen LogP contribution in [0.3, 0.4) is 0 Å². The van der Waals surface area contributed by atoms with E-state index >= 15 is 0 Å². The number of para-hydroxylation sites is 1. The van der Waals surface area contributed by atoms with E-state index in [4.69, 9.17) is 14.2 Å². The van der Waals surface area contributed by atoms with Gasteiger partial charge >= 0.3 is 11.9 Å². The van der Waals surface area contributed by atoms with E-state index in [1.807, 2.05) is 6.92 Å². The monoisotopic (exact) mass is 445 g/mol. The molecule has 0 saturated heterocycles. The Hall–Kier alpha value is -3.46. The zero-order valence-electron chi connectivity index (χ0n) is 17.4. The lowest BCUT2D eigenvalue weighted by Crippen LogP contribution is -2.16. The van der Waals surface area contributed by atoms with Gasteiger partial charge in [-0.2, -0.15) is 12.8 Å². The fourth-order valence-electron chi connectivity index (χ4n) is 2.32. The van der Waals surface area contributed by atoms with E-state index < -0.39 is 27.7 Å². The van der Waals surface area contributed by atoms with Crippen molar-refractivity contribution in [1.82, 2.24) is 0 Å². The molecule has 0 fully saturated rings. The molecule has 0 spiro atoms. The van der Waals surface area contributed by atoms with Gasteiger partial charge in [-0.05, 0) is 45.0 Å². The molecule has 0 radical (unpaired) electrons. The van der Waals surface area contributed by atoms with Gasteiger partial charge in [0.25, 0.3) is 10.0 Å². The average molecular weight is 445 g/mol. The lowest BCUT2D eigenvalue weighted by atomic mass is 10.2. The number of esters is 2. The van der Waals surface area contributed by atoms with Gasteiger partial charge < -0.3 is 14.2 Å². The molecule has 31 heavy (non-hydrogen) atoms. The molecule has 0 heterocycles. The number of nitrogens with zero attached hydrogens (tertiary/aromatic N) is 1. The molecule has 0 saturated carbocycles. The van der Waals surface area contributed by atoms with E-state index in [0.29, 0.717) is 0 Å². The van der Waals surface area contributed by atoms with Gasteiger partial charge in [-0.25, -0.2) is 9.59 Å². The zero-order chi connectivity index (χ0) is 22.9. The number of hydrogen-bond donors (Lipinski definition) is 0. The molecule has 2 aromatic carbocycles. The van der Waals surface area contributed by atoms with E-state index in [-0.39, 0.29) is 29.4 Å². The highest BCUT2D eigenvalue weighted by Crippen LogP contribution is 2.21. The second-order valence-electron chi connectivity index (χ2n) is 6.14. The maximum absolute atomic E-state index is 12.5. The second kappa shape index (κ2) is 11.1. The summed E-state index contributed by atoms with van der Waals surface area (Å²) in [6.07, 6.45) is 1.98. The van der Waals surface area contributed by atoms with Crippen molar-refractivity contribution in [3.05, 3.63) is 71.5 Å². The number of aryl methyl sites for hydroxylation is 1. The summed E-state index contributed by atoms with van der Waals surface area (Å²) in [6, 6.07) is 12.6. The van der Waals surface area contributed by atoms with Crippen molar-refractivity contribution in [2.24, 2.45) is 4.40 Å². The summed E-state index contributed by atoms with van der Waals surface area (Å²) < 4.78 is 43.9. The van der Waals surface area contributed by atoms with Gasteiger partial charge in [0, 0.05) is 5.56 Å². The molecular formula is C22H23NO7S. The van der Waals surface area contributed by atoms with Crippen molar-refractivity contribution in [2.45, 2.75) is 25.7 Å². The Morgan fingerprint density at radius 3 is 2.26 bits per heavy atom. The number of hydrogen-bond acceptors (Lipinski definition) is 7. The van der Waals surface area contributed by atoms with Crippen LogP contribution < -0.4 is 4.74 Å². The van der Waals surface area contributed by atoms with Gasteiger partial charge in [-0.15, -0.1) is 0 Å². The van der Waals surface area contributed by atoms with E-state index in [1.54, 1.807) is 44.2 Å². The Kier molecular flexibility index (Phi) is 8.51. The fraction of sp³-hybridized carbons (Fsp3) is 0.227. The van der Waals surface area contributed by atoms with Crippen LogP contribution in [0.15, 0.2) is 69.7 Å². The Labute approximate surface area is 181 Å². The van der Waals surface area contributed by atoms with E-state index in [0.717, 1.165) is 17.9 Å². The van der Waals surface area contributed by atoms with E-state index in [1.165, 1.54) is 18.2 Å². The second-order valence-corrected chi connectivity index (χ2v) is 7.78. The van der Waals surface area contributed by atoms with E-state index in [2.05, 4.69) is 4.40 Å². The number of ether oxygens (including phenoxy) is 3. The quantitative estimate of drug-likeness (QED) is 0.252. The minimum absolute atomic E-state index is 0.0437. The molecule has 0 bridgehead atoms. The van der Waals surface area contributed by atoms with Crippen LogP contribution in [0.1, 0.15) is 25.0 Å². The topological polar surface area (TPSA) is 108 Å². The number of rotatable bonds is 9. The molecule has 8 nitrogen and oxygen atoms in total. The van der Waals surface area contributed by atoms with Crippen molar-refractivity contribution >= 4 is 28.2 Å². The molecule has 0 aromatic heterocycles. The standard InChI is InChI=1S/C22H23NO7S/c1-4-28-21(24)14-20(22(25)29-5-2)30-19-9-7-6-8-17(19)15-23-31(26,27)18-12-10-16(3)11-13-18/h6-15H,4-5H2,1-3H3/b20-14+,23-15+. The van der Waals surface area contributed by atoms with Gasteiger partial charge in [0.2, 0.25) is 5.76 Å². The third-order valence-corrected chi connectivity index (χ3v) is 5.05. The normalized spacial score (nSPS) is 11.9. The van der Waals surface area contributed by atoms with Gasteiger partial charge in [-0.3, -0.25) is 0 Å². The molecule has 2 aromatic rings. The van der Waals surface area contributed by atoms with Crippen molar-refractivity contribution in [3.63, 3.8) is 0 Å². The number of carbonyl (C=O) groups is 2. The largest absolute Gasteiger partial charge is 0.463 e. The Bertz CT molecular complexity index is 1090. The van der Waals surface area contributed by atoms with Crippen molar-refractivity contribution < 1.29 is 32.2 Å². The first-order chi connectivity index (χ1) is 14.8. The highest BCUT2D eigenvalue weighted by molar-refractivity contribution is 7.90. The van der Waals surface area contributed by atoms with Gasteiger partial charge in [-0.1, -0.05) is 29.8 Å². The van der Waals surface area contributed by atoms with Crippen LogP contribution in [0.25, 0.3) is 0 Å². The summed E-state index contributed by atoms with van der Waals surface area (Å²) in [5.41, 5.74) is 1.19. The highest BCUT2D eigenvalue weighted by Gasteiger charge is 2.18. The highest BCUT2D eigenvalue weighted by atomic mass is 32.2. The molecule has 0 aliphatic carbocycles. The molecule has 2 rings (SSSR count). The summed E-state index contributed by atoms with van der Waals surface area (Å²) in [4.78, 5) is 24.0. The van der Waals surface area contributed by atoms with Crippen molar-refractivity contribution in [3.8, 4) is 5.75 Å². The van der Waals surface area contributed by atoms with E-state index in [9.17, 15) is 18.0 Å². The van der Waals surface area contributed by atoms with Crippen LogP contribution in [0.2, 0.25) is 0 Å². The average Bonchev–Trinajstić information content (AvgIpc) is 2.73. The molecule has 0 N–H and O–H groups in total. The van der Waals surface area contributed by atoms with Crippen LogP contribution in [-0.2, 0) is 29.1 Å². The van der Waals surface area contributed by atoms with Crippen LogP contribution in [0.5, 0.6) is 5.75 Å². The Balaban J connectivity index is 2.35. The Morgan fingerprint density at radius 2 is 1.61 bits per heavy atom. The maximum Gasteiger partial charge on any atom is 0.374 e. The molecule has 164 valence electrons. The molecule has 0 aliphatic heterocycles. The van der Waals surface area contributed by atoms with Gasteiger partial charge in [0.1, 0.15) is 5.75 Å². The maximum atomic E-state index is 12.5. The zero-order valence-corrected chi connectivity index (χ0v) is 18.2. The predicted molar refractivity (Wildman–Crippen MR) is 114 cm³/mol. The third-order valence-electron chi connectivity index (χ3n) is 3.80. The molecule has 0 aliphatic rings. The number of sulfonamides is 1. The first-order valence-electron chi connectivity index (χ1n) is 9.46. The summed E-state index contributed by atoms with van der Waals surface area (Å²) in [6.45, 7) is 5.26. The summed E-state index contributed by atoms with van der Waals surface area (Å²) >= 11 is 0. The first-order valence-corrected chi connectivity index (χ1v) is 10.9. The molecule has 0 unspecified atom stereocenters. The minimum atomic E-state index is -3.94. The van der Waals surface area contributed by atoms with Crippen LogP contribution in [0, 0.1) is 6.92 Å². The predicted octanol–water partition coefficient (Wildman–Crippen LogP) is 3.19. The molecule has 0 amide bonds. The smallest absolute Gasteiger partial charge is 0.374 e. The van der Waals surface area contributed by atoms with Crippen LogP contribution in [0.4, 0.5) is 0 Å². The van der Waals surface area contributed by atoms with Crippen LogP contribution >= 0.6 is 0 Å². The first kappa shape index (κ1) is 23.8. The SMILES string of the molecule is CCOC(=O)/C=C(/Oc1ccccc1/C=N/S(=O)(=O)c1ccc(C)cc1)C(=O)OCC. The fourth-order valence-corrected chi connectivity index (χ4v) is 3.17. The Morgan fingerprint density at radius 1 is 0.968 bits per heavy atom. The summed E-state index contributed by atoms with van der Waals surface area (Å²) in [5, 5.41) is 0. The summed E-state index contributed by atoms with van der Waals surface area (Å²) in [7, 11) is -3.94. The lowest BCUT2D eigenvalue weighted by Gasteiger charge is -2.11. The van der Waals surface area contributed by atoms with Crippen LogP contribution in [-0.4, -0.2) is 39.8 Å². The van der Waals surface area contributed by atoms with Crippen molar-refractivity contribution in [2.75, 3.05) is 13.2 Å². The minimum Gasteiger partial charge on any atom is -0.463 e. The van der Waals surface area contributed by atoms with Crippen molar-refractivity contribution in [1.29, 1.82) is 0 Å². The molecule has 9 heteroatoms. The molecular weight excluding hydrogens is 422 g/mol. The molecule has 0 atom stereocenters. The van der Waals surface area contributed by atoms with Gasteiger partial charge in [0.15, 0.2) is 0 Å². The third kappa shape index (κ3) is 7.07. The summed E-state index contributed by atoms with van der Waals surface area (Å²) in [5.74, 6) is -1.94. The number of benzene rings is 2. The lowest BCUT2D eigenvalue weighted by molar-refractivity contribution is -0.143. The number of carbonyl (C=O) groups excluding carboxylic acids is 2. The van der Waals surface area contributed by atoms with Gasteiger partial charge in [0.05, 0.1) is 30.4 Å².